The number of hydrogen-bond donors (Lipinski definition) is 3. The third kappa shape index (κ3) is 72.4. The van der Waals surface area contributed by atoms with Gasteiger partial charge in [-0.1, -0.05) is 369 Å². The van der Waals surface area contributed by atoms with E-state index < -0.39 is 97.5 Å². The molecule has 0 fully saturated rings. The molecule has 0 saturated heterocycles. The van der Waals surface area contributed by atoms with Crippen molar-refractivity contribution in [3.63, 3.8) is 0 Å². The minimum atomic E-state index is -4.96. The average molecular weight is 1440 g/mol. The zero-order valence-corrected chi connectivity index (χ0v) is 65.7. The molecular weight excluding hydrogens is 1280 g/mol. The molecule has 19 heteroatoms. The van der Waals surface area contributed by atoms with Gasteiger partial charge in [0.2, 0.25) is 0 Å². The quantitative estimate of drug-likeness (QED) is 0.0222. The Hall–Kier alpha value is -1.94. The highest BCUT2D eigenvalue weighted by molar-refractivity contribution is 7.47. The van der Waals surface area contributed by atoms with Gasteiger partial charge >= 0.3 is 39.5 Å². The van der Waals surface area contributed by atoms with Crippen LogP contribution in [0.1, 0.15) is 420 Å². The predicted octanol–water partition coefficient (Wildman–Crippen LogP) is 23.6. The Morgan fingerprint density at radius 1 is 0.276 bits per heavy atom. The molecule has 0 bridgehead atoms. The van der Waals surface area contributed by atoms with Gasteiger partial charge in [0.1, 0.15) is 19.3 Å². The molecule has 0 aromatic rings. The minimum absolute atomic E-state index is 0.108. The summed E-state index contributed by atoms with van der Waals surface area (Å²) in [5.74, 6) is -1.30. The van der Waals surface area contributed by atoms with Gasteiger partial charge in [-0.15, -0.1) is 0 Å². The van der Waals surface area contributed by atoms with Gasteiger partial charge in [-0.25, -0.2) is 9.13 Å². The van der Waals surface area contributed by atoms with Crippen molar-refractivity contribution in [1.82, 2.24) is 0 Å². The number of rotatable bonds is 79. The lowest BCUT2D eigenvalue weighted by molar-refractivity contribution is -0.161. The fourth-order valence-corrected chi connectivity index (χ4v) is 13.8. The normalized spacial score (nSPS) is 13.9. The summed E-state index contributed by atoms with van der Waals surface area (Å²) < 4.78 is 68.6. The first-order valence-corrected chi connectivity index (χ1v) is 44.1. The van der Waals surface area contributed by atoms with E-state index in [1.54, 1.807) is 0 Å². The van der Waals surface area contributed by atoms with E-state index in [2.05, 4.69) is 34.6 Å². The van der Waals surface area contributed by atoms with Crippen LogP contribution in [-0.4, -0.2) is 96.7 Å². The monoisotopic (exact) mass is 1440 g/mol. The molecule has 5 atom stereocenters. The van der Waals surface area contributed by atoms with Crippen LogP contribution < -0.4 is 0 Å². The second-order valence-electron chi connectivity index (χ2n) is 28.9. The second-order valence-corrected chi connectivity index (χ2v) is 31.8. The smallest absolute Gasteiger partial charge is 0.462 e. The number of hydrogen-bond acceptors (Lipinski definition) is 15. The molecular formula is C79H154O17P2. The molecule has 0 radical (unpaired) electrons. The van der Waals surface area contributed by atoms with Crippen LogP contribution in [0.3, 0.4) is 0 Å². The topological polar surface area (TPSA) is 237 Å². The largest absolute Gasteiger partial charge is 0.472 e. The van der Waals surface area contributed by atoms with Crippen LogP contribution in [0.2, 0.25) is 0 Å². The first-order valence-electron chi connectivity index (χ1n) is 41.1. The number of ether oxygens (including phenoxy) is 4. The molecule has 0 amide bonds. The van der Waals surface area contributed by atoms with Crippen molar-refractivity contribution in [2.45, 2.75) is 438 Å². The van der Waals surface area contributed by atoms with Crippen molar-refractivity contribution in [1.29, 1.82) is 0 Å². The summed E-state index contributed by atoms with van der Waals surface area (Å²) in [5, 5.41) is 10.6. The van der Waals surface area contributed by atoms with Crippen LogP contribution in [0, 0.1) is 5.92 Å². The number of esters is 4. The Morgan fingerprint density at radius 2 is 0.469 bits per heavy atom. The van der Waals surface area contributed by atoms with Crippen molar-refractivity contribution in [3.8, 4) is 0 Å². The first kappa shape index (κ1) is 96.1. The van der Waals surface area contributed by atoms with Gasteiger partial charge in [0.15, 0.2) is 12.2 Å². The molecule has 0 spiro atoms. The summed E-state index contributed by atoms with van der Waals surface area (Å²) in [6, 6.07) is 0. The standard InChI is InChI=1S/C79H154O17P2/c1-6-9-12-15-18-21-23-25-29-34-38-43-48-53-58-63-77(82)90-69-75(96-79(84)65-60-55-50-45-40-36-32-28-27-31-33-37-42-46-51-56-61-72(4)5)71-94-98(87,88)92-67-73(80)66-91-97(85,86)93-70-74(68-89-76(81)62-57-52-47-41-20-17-14-11-8-3)95-78(83)64-59-54-49-44-39-35-30-26-24-22-19-16-13-10-7-2/h72-75,80H,6-71H2,1-5H3,(H,85,86)(H,87,88)/t73-,74+,75+/m0/s1. The number of aliphatic hydroxyl groups excluding tert-OH is 1. The summed E-state index contributed by atoms with van der Waals surface area (Å²) in [7, 11) is -9.91. The van der Waals surface area contributed by atoms with E-state index >= 15 is 0 Å². The predicted molar refractivity (Wildman–Crippen MR) is 400 cm³/mol. The molecule has 582 valence electrons. The van der Waals surface area contributed by atoms with Crippen LogP contribution >= 0.6 is 15.6 Å². The summed E-state index contributed by atoms with van der Waals surface area (Å²) in [5.41, 5.74) is 0. The van der Waals surface area contributed by atoms with E-state index in [1.165, 1.54) is 244 Å². The van der Waals surface area contributed by atoms with E-state index in [-0.39, 0.29) is 25.7 Å². The molecule has 0 aliphatic heterocycles. The SMILES string of the molecule is CCCCCCCCCCCCCCCCCC(=O)OC[C@H](COP(=O)(O)OC[C@@H](O)COP(=O)(O)OC[C@@H](COC(=O)CCCCCCCCCCC)OC(=O)CCCCCCCCCCCCCCCCC)OC(=O)CCCCCCCCCCCCCCCCCCC(C)C. The fourth-order valence-electron chi connectivity index (χ4n) is 12.2. The highest BCUT2D eigenvalue weighted by Crippen LogP contribution is 2.45. The van der Waals surface area contributed by atoms with Crippen molar-refractivity contribution in [2.75, 3.05) is 39.6 Å². The van der Waals surface area contributed by atoms with Gasteiger partial charge in [0, 0.05) is 25.7 Å². The Balaban J connectivity index is 5.22. The molecule has 0 rings (SSSR count). The maximum atomic E-state index is 13.1. The summed E-state index contributed by atoms with van der Waals surface area (Å²) in [4.78, 5) is 72.9. The number of unbranched alkanes of at least 4 members (excludes halogenated alkanes) is 51. The second kappa shape index (κ2) is 72.0. The van der Waals surface area contributed by atoms with Crippen molar-refractivity contribution >= 4 is 39.5 Å². The number of aliphatic hydroxyl groups is 1. The molecule has 2 unspecified atom stereocenters. The maximum Gasteiger partial charge on any atom is 0.472 e. The van der Waals surface area contributed by atoms with Crippen molar-refractivity contribution < 1.29 is 80.2 Å². The Morgan fingerprint density at radius 3 is 0.694 bits per heavy atom. The molecule has 98 heavy (non-hydrogen) atoms. The van der Waals surface area contributed by atoms with Crippen LogP contribution in [0.15, 0.2) is 0 Å². The van der Waals surface area contributed by atoms with Crippen LogP contribution in [0.4, 0.5) is 0 Å². The van der Waals surface area contributed by atoms with E-state index in [9.17, 15) is 43.2 Å². The zero-order chi connectivity index (χ0) is 71.9. The first-order chi connectivity index (χ1) is 47.5. The summed E-state index contributed by atoms with van der Waals surface area (Å²) in [6.45, 7) is 7.34. The lowest BCUT2D eigenvalue weighted by Crippen LogP contribution is -2.30. The van der Waals surface area contributed by atoms with Gasteiger partial charge in [0.05, 0.1) is 26.4 Å². The average Bonchev–Trinajstić information content (AvgIpc) is 1.08. The molecule has 0 aromatic heterocycles. The van der Waals surface area contributed by atoms with Gasteiger partial charge in [-0.05, 0) is 31.6 Å². The molecule has 0 aliphatic carbocycles. The maximum absolute atomic E-state index is 13.1. The number of phosphoric ester groups is 2. The molecule has 17 nitrogen and oxygen atoms in total. The molecule has 0 aromatic carbocycles. The van der Waals surface area contributed by atoms with Gasteiger partial charge in [-0.2, -0.15) is 0 Å². The molecule has 0 aliphatic rings. The van der Waals surface area contributed by atoms with Crippen LogP contribution in [0.25, 0.3) is 0 Å². The fraction of sp³-hybridized carbons (Fsp3) is 0.949. The van der Waals surface area contributed by atoms with Gasteiger partial charge in [0.25, 0.3) is 0 Å². The highest BCUT2D eigenvalue weighted by atomic mass is 31.2. The third-order valence-electron chi connectivity index (χ3n) is 18.5. The Bertz CT molecular complexity index is 1870. The van der Waals surface area contributed by atoms with Crippen molar-refractivity contribution in [3.05, 3.63) is 0 Å². The van der Waals surface area contributed by atoms with E-state index in [0.29, 0.717) is 25.7 Å². The number of carbonyl (C=O) groups is 4. The summed E-state index contributed by atoms with van der Waals surface area (Å²) in [6.07, 6.45) is 62.3. The van der Waals surface area contributed by atoms with Gasteiger partial charge in [-0.3, -0.25) is 37.3 Å². The third-order valence-corrected chi connectivity index (χ3v) is 20.4. The van der Waals surface area contributed by atoms with E-state index in [4.69, 9.17) is 37.0 Å². The lowest BCUT2D eigenvalue weighted by atomic mass is 10.0. The Kier molecular flexibility index (Phi) is 70.6. The zero-order valence-electron chi connectivity index (χ0n) is 63.9. The minimum Gasteiger partial charge on any atom is -0.462 e. The van der Waals surface area contributed by atoms with E-state index in [0.717, 1.165) is 95.8 Å². The molecule has 0 saturated carbocycles. The highest BCUT2D eigenvalue weighted by Gasteiger charge is 2.30. The summed E-state index contributed by atoms with van der Waals surface area (Å²) >= 11 is 0. The van der Waals surface area contributed by atoms with Crippen molar-refractivity contribution in [2.24, 2.45) is 5.92 Å². The Labute approximate surface area is 600 Å². The number of phosphoric acid groups is 2. The number of carbonyl (C=O) groups excluding carboxylic acids is 4. The van der Waals surface area contributed by atoms with Crippen LogP contribution in [-0.2, 0) is 65.4 Å². The van der Waals surface area contributed by atoms with E-state index in [1.807, 2.05) is 0 Å². The molecule has 0 heterocycles. The van der Waals surface area contributed by atoms with Crippen LogP contribution in [0.5, 0.6) is 0 Å². The van der Waals surface area contributed by atoms with Gasteiger partial charge < -0.3 is 33.8 Å². The lowest BCUT2D eigenvalue weighted by Gasteiger charge is -2.21. The molecule has 3 N–H and O–H groups in total.